The zero-order valence-corrected chi connectivity index (χ0v) is 19.4. The van der Waals surface area contributed by atoms with Crippen molar-refractivity contribution in [3.63, 3.8) is 0 Å². The first-order chi connectivity index (χ1) is 12.6. The van der Waals surface area contributed by atoms with Crippen LogP contribution in [-0.2, 0) is 14.3 Å². The molecule has 0 bridgehead atoms. The fraction of sp³-hybridized carbons (Fsp3) is 0.895. The van der Waals surface area contributed by atoms with Crippen LogP contribution in [0.25, 0.3) is 0 Å². The summed E-state index contributed by atoms with van der Waals surface area (Å²) in [6.45, 7) is 9.65. The molecule has 0 aromatic rings. The lowest BCUT2D eigenvalue weighted by Gasteiger charge is -2.47. The van der Waals surface area contributed by atoms with Gasteiger partial charge in [-0.15, -0.1) is 24.0 Å². The second-order valence-electron chi connectivity index (χ2n) is 7.38. The van der Waals surface area contributed by atoms with Gasteiger partial charge in [0.05, 0.1) is 32.8 Å². The Hall–Kier alpha value is -0.610. The number of hydrogen-bond donors (Lipinski definition) is 2. The number of hydrogen-bond acceptors (Lipinski definition) is 5. The van der Waals surface area contributed by atoms with Gasteiger partial charge in [0, 0.05) is 31.7 Å². The highest BCUT2D eigenvalue weighted by atomic mass is 127. The molecule has 2 rings (SSSR count). The second-order valence-corrected chi connectivity index (χ2v) is 7.38. The number of guanidine groups is 1. The van der Waals surface area contributed by atoms with Crippen LogP contribution in [-0.4, -0.2) is 75.4 Å². The summed E-state index contributed by atoms with van der Waals surface area (Å²) < 4.78 is 10.3. The standard InChI is InChI=1S/C19H36N4O3.HI/c1-4-20-18(21-14-16(2)17(24)25-3)22-15-19(8-6-5-7-9-19)23-10-12-26-13-11-23;/h16H,4-15H2,1-3H3,(H2,20,21,22);1H. The number of aliphatic imine (C=N–C) groups is 1. The third-order valence-corrected chi connectivity index (χ3v) is 5.52. The molecular weight excluding hydrogens is 459 g/mol. The van der Waals surface area contributed by atoms with Gasteiger partial charge in [0.2, 0.25) is 0 Å². The number of morpholine rings is 1. The van der Waals surface area contributed by atoms with Crippen LogP contribution in [0.5, 0.6) is 0 Å². The fourth-order valence-electron chi connectivity index (χ4n) is 3.92. The lowest BCUT2D eigenvalue weighted by atomic mass is 9.80. The molecule has 0 aromatic carbocycles. The number of ether oxygens (including phenoxy) is 2. The minimum Gasteiger partial charge on any atom is -0.469 e. The van der Waals surface area contributed by atoms with Gasteiger partial charge in [-0.3, -0.25) is 14.7 Å². The zero-order valence-electron chi connectivity index (χ0n) is 17.1. The van der Waals surface area contributed by atoms with Gasteiger partial charge in [-0.1, -0.05) is 26.2 Å². The van der Waals surface area contributed by atoms with Crippen LogP contribution in [0, 0.1) is 5.92 Å². The summed E-state index contributed by atoms with van der Waals surface area (Å²) in [4.78, 5) is 19.1. The lowest BCUT2D eigenvalue weighted by Crippen LogP contribution is -2.56. The Bertz CT molecular complexity index is 464. The van der Waals surface area contributed by atoms with Crippen LogP contribution < -0.4 is 10.6 Å². The normalized spacial score (nSPS) is 21.7. The second kappa shape index (κ2) is 12.8. The predicted octanol–water partition coefficient (Wildman–Crippen LogP) is 2.00. The predicted molar refractivity (Wildman–Crippen MR) is 119 cm³/mol. The van der Waals surface area contributed by atoms with Crippen LogP contribution in [0.2, 0.25) is 0 Å². The lowest BCUT2D eigenvalue weighted by molar-refractivity contribution is -0.144. The summed E-state index contributed by atoms with van der Waals surface area (Å²) in [5, 5.41) is 6.59. The van der Waals surface area contributed by atoms with E-state index >= 15 is 0 Å². The van der Waals surface area contributed by atoms with E-state index in [0.29, 0.717) is 6.54 Å². The molecule has 0 spiro atoms. The molecular formula is C19H37IN4O3. The first-order valence-corrected chi connectivity index (χ1v) is 10.0. The third-order valence-electron chi connectivity index (χ3n) is 5.52. The molecule has 158 valence electrons. The molecule has 1 saturated heterocycles. The average Bonchev–Trinajstić information content (AvgIpc) is 2.70. The Labute approximate surface area is 181 Å². The molecule has 27 heavy (non-hydrogen) atoms. The molecule has 0 aromatic heterocycles. The fourth-order valence-corrected chi connectivity index (χ4v) is 3.92. The van der Waals surface area contributed by atoms with Gasteiger partial charge < -0.3 is 20.1 Å². The quantitative estimate of drug-likeness (QED) is 0.243. The molecule has 1 unspecified atom stereocenters. The van der Waals surface area contributed by atoms with Crippen molar-refractivity contribution >= 4 is 35.9 Å². The maximum atomic E-state index is 11.6. The summed E-state index contributed by atoms with van der Waals surface area (Å²) in [7, 11) is 1.42. The van der Waals surface area contributed by atoms with Crippen molar-refractivity contribution in [1.82, 2.24) is 15.5 Å². The molecule has 7 nitrogen and oxygen atoms in total. The van der Waals surface area contributed by atoms with E-state index in [1.54, 1.807) is 0 Å². The van der Waals surface area contributed by atoms with Crippen LogP contribution >= 0.6 is 24.0 Å². The Balaban J connectivity index is 0.00000364. The van der Waals surface area contributed by atoms with Gasteiger partial charge in [-0.2, -0.15) is 0 Å². The van der Waals surface area contributed by atoms with Crippen molar-refractivity contribution in [3.8, 4) is 0 Å². The summed E-state index contributed by atoms with van der Waals surface area (Å²) >= 11 is 0. The van der Waals surface area contributed by atoms with Crippen molar-refractivity contribution in [2.45, 2.75) is 51.5 Å². The van der Waals surface area contributed by atoms with E-state index in [-0.39, 0.29) is 41.4 Å². The van der Waals surface area contributed by atoms with Crippen molar-refractivity contribution in [3.05, 3.63) is 0 Å². The van der Waals surface area contributed by atoms with E-state index < -0.39 is 0 Å². The van der Waals surface area contributed by atoms with Gasteiger partial charge in [0.25, 0.3) is 0 Å². The smallest absolute Gasteiger partial charge is 0.310 e. The van der Waals surface area contributed by atoms with Gasteiger partial charge >= 0.3 is 5.97 Å². The van der Waals surface area contributed by atoms with Gasteiger partial charge in [0.15, 0.2) is 5.96 Å². The third kappa shape index (κ3) is 7.38. The number of rotatable bonds is 7. The van der Waals surface area contributed by atoms with Crippen LogP contribution in [0.3, 0.4) is 0 Å². The number of methoxy groups -OCH3 is 1. The maximum absolute atomic E-state index is 11.6. The summed E-state index contributed by atoms with van der Waals surface area (Å²) in [5.74, 6) is 0.374. The van der Waals surface area contributed by atoms with Crippen LogP contribution in [0.4, 0.5) is 0 Å². The SMILES string of the molecule is CCNC(=NCC1(N2CCOCC2)CCCCC1)NCC(C)C(=O)OC.I. The largest absolute Gasteiger partial charge is 0.469 e. The Kier molecular flexibility index (Phi) is 11.6. The zero-order chi connectivity index (χ0) is 18.8. The van der Waals surface area contributed by atoms with E-state index in [2.05, 4.69) is 22.5 Å². The monoisotopic (exact) mass is 496 g/mol. The summed E-state index contributed by atoms with van der Waals surface area (Å²) in [6.07, 6.45) is 6.28. The van der Waals surface area contributed by atoms with Gasteiger partial charge in [-0.25, -0.2) is 0 Å². The Morgan fingerprint density at radius 2 is 1.89 bits per heavy atom. The molecule has 0 amide bonds. The number of carbonyl (C=O) groups excluding carboxylic acids is 1. The first-order valence-electron chi connectivity index (χ1n) is 10.0. The molecule has 0 radical (unpaired) electrons. The van der Waals surface area contributed by atoms with Crippen molar-refractivity contribution < 1.29 is 14.3 Å². The summed E-state index contributed by atoms with van der Waals surface area (Å²) in [6, 6.07) is 0. The molecule has 8 heteroatoms. The number of esters is 1. The van der Waals surface area contributed by atoms with E-state index in [0.717, 1.165) is 45.4 Å². The molecule has 1 atom stereocenters. The maximum Gasteiger partial charge on any atom is 0.310 e. The molecule has 1 aliphatic heterocycles. The molecule has 2 aliphatic rings. The Morgan fingerprint density at radius 1 is 1.22 bits per heavy atom. The molecule has 2 fully saturated rings. The number of nitrogens with one attached hydrogen (secondary N) is 2. The van der Waals surface area contributed by atoms with Gasteiger partial charge in [0.1, 0.15) is 0 Å². The topological polar surface area (TPSA) is 75.2 Å². The molecule has 1 saturated carbocycles. The highest BCUT2D eigenvalue weighted by Gasteiger charge is 2.38. The van der Waals surface area contributed by atoms with Crippen molar-refractivity contribution in [2.24, 2.45) is 10.9 Å². The number of halogens is 1. The minimum atomic E-state index is -0.203. The van der Waals surface area contributed by atoms with Crippen LogP contribution in [0.1, 0.15) is 46.0 Å². The first kappa shape index (κ1) is 24.4. The van der Waals surface area contributed by atoms with Crippen molar-refractivity contribution in [1.29, 1.82) is 0 Å². The summed E-state index contributed by atoms with van der Waals surface area (Å²) in [5.41, 5.74) is 0.151. The number of nitrogens with zero attached hydrogens (tertiary/aromatic N) is 2. The van der Waals surface area contributed by atoms with Gasteiger partial charge in [-0.05, 0) is 19.8 Å². The van der Waals surface area contributed by atoms with Crippen LogP contribution in [0.15, 0.2) is 4.99 Å². The Morgan fingerprint density at radius 3 is 2.48 bits per heavy atom. The molecule has 2 N–H and O–H groups in total. The highest BCUT2D eigenvalue weighted by molar-refractivity contribution is 14.0. The van der Waals surface area contributed by atoms with E-state index in [1.807, 2.05) is 6.92 Å². The minimum absolute atomic E-state index is 0. The molecule has 1 aliphatic carbocycles. The van der Waals surface area contributed by atoms with E-state index in [4.69, 9.17) is 14.5 Å². The molecule has 1 heterocycles. The van der Waals surface area contributed by atoms with Crippen molar-refractivity contribution in [2.75, 3.05) is 53.0 Å². The van der Waals surface area contributed by atoms with E-state index in [9.17, 15) is 4.79 Å². The van der Waals surface area contributed by atoms with E-state index in [1.165, 1.54) is 39.2 Å². The average molecular weight is 496 g/mol. The number of carbonyl (C=O) groups is 1. The highest BCUT2D eigenvalue weighted by Crippen LogP contribution is 2.34.